The van der Waals surface area contributed by atoms with Crippen molar-refractivity contribution in [3.8, 4) is 11.3 Å². The van der Waals surface area contributed by atoms with Crippen molar-refractivity contribution in [3.63, 3.8) is 0 Å². The SMILES string of the molecule is CCC(C)NC(=O)c1cccc(Nc2ccc(-c3ccccc3)nn2)c1. The van der Waals surface area contributed by atoms with E-state index in [9.17, 15) is 4.79 Å². The maximum Gasteiger partial charge on any atom is 0.251 e. The summed E-state index contributed by atoms with van der Waals surface area (Å²) in [6, 6.07) is 21.2. The maximum absolute atomic E-state index is 12.3. The van der Waals surface area contributed by atoms with Crippen molar-refractivity contribution in [1.29, 1.82) is 0 Å². The summed E-state index contributed by atoms with van der Waals surface area (Å²) in [6.07, 6.45) is 0.896. The number of aromatic nitrogens is 2. The van der Waals surface area contributed by atoms with E-state index in [0.29, 0.717) is 11.4 Å². The first-order valence-electron chi connectivity index (χ1n) is 8.73. The van der Waals surface area contributed by atoms with Gasteiger partial charge in [-0.3, -0.25) is 4.79 Å². The lowest BCUT2D eigenvalue weighted by Gasteiger charge is -2.12. The Bertz CT molecular complexity index is 863. The summed E-state index contributed by atoms with van der Waals surface area (Å²) < 4.78 is 0. The summed E-state index contributed by atoms with van der Waals surface area (Å²) in [7, 11) is 0. The molecule has 1 amide bonds. The van der Waals surface area contributed by atoms with Crippen LogP contribution in [0.2, 0.25) is 0 Å². The van der Waals surface area contributed by atoms with E-state index in [1.165, 1.54) is 0 Å². The molecule has 2 aromatic carbocycles. The van der Waals surface area contributed by atoms with Crippen molar-refractivity contribution in [3.05, 3.63) is 72.3 Å². The van der Waals surface area contributed by atoms with Crippen LogP contribution in [0.15, 0.2) is 66.7 Å². The van der Waals surface area contributed by atoms with Crippen molar-refractivity contribution in [2.45, 2.75) is 26.3 Å². The van der Waals surface area contributed by atoms with Gasteiger partial charge in [0.05, 0.1) is 5.69 Å². The minimum atomic E-state index is -0.0755. The minimum Gasteiger partial charge on any atom is -0.350 e. The monoisotopic (exact) mass is 346 g/mol. The molecule has 0 fully saturated rings. The minimum absolute atomic E-state index is 0.0755. The molecule has 0 saturated carbocycles. The zero-order valence-electron chi connectivity index (χ0n) is 14.9. The molecule has 0 saturated heterocycles. The molecule has 3 aromatic rings. The number of carbonyl (C=O) groups is 1. The molecule has 0 spiro atoms. The molecule has 1 atom stereocenters. The molecule has 0 aliphatic rings. The number of nitrogens with one attached hydrogen (secondary N) is 2. The number of hydrogen-bond acceptors (Lipinski definition) is 4. The number of nitrogens with zero attached hydrogens (tertiary/aromatic N) is 2. The van der Waals surface area contributed by atoms with Crippen LogP contribution in [-0.2, 0) is 0 Å². The summed E-state index contributed by atoms with van der Waals surface area (Å²) in [5.41, 5.74) is 3.25. The lowest BCUT2D eigenvalue weighted by atomic mass is 10.1. The Kier molecular flexibility index (Phi) is 5.59. The number of rotatable bonds is 6. The van der Waals surface area contributed by atoms with Gasteiger partial charge in [-0.25, -0.2) is 0 Å². The first-order valence-corrected chi connectivity index (χ1v) is 8.73. The largest absolute Gasteiger partial charge is 0.350 e. The third kappa shape index (κ3) is 4.45. The van der Waals surface area contributed by atoms with Gasteiger partial charge in [-0.15, -0.1) is 10.2 Å². The van der Waals surface area contributed by atoms with Crippen LogP contribution in [0.4, 0.5) is 11.5 Å². The summed E-state index contributed by atoms with van der Waals surface area (Å²) in [5, 5.41) is 14.6. The van der Waals surface area contributed by atoms with Gasteiger partial charge in [-0.1, -0.05) is 43.3 Å². The van der Waals surface area contributed by atoms with E-state index in [0.717, 1.165) is 23.4 Å². The van der Waals surface area contributed by atoms with Crippen LogP contribution in [0.1, 0.15) is 30.6 Å². The third-order valence-corrected chi connectivity index (χ3v) is 4.12. The predicted octanol–water partition coefficient (Wildman–Crippen LogP) is 4.42. The quantitative estimate of drug-likeness (QED) is 0.693. The molecule has 3 rings (SSSR count). The van der Waals surface area contributed by atoms with Crippen LogP contribution in [0.3, 0.4) is 0 Å². The van der Waals surface area contributed by atoms with E-state index in [-0.39, 0.29) is 11.9 Å². The molecule has 0 aliphatic heterocycles. The van der Waals surface area contributed by atoms with Gasteiger partial charge in [0.1, 0.15) is 0 Å². The second-order valence-corrected chi connectivity index (χ2v) is 6.16. The molecule has 1 aromatic heterocycles. The molecule has 5 heteroatoms. The lowest BCUT2D eigenvalue weighted by molar-refractivity contribution is 0.0939. The zero-order chi connectivity index (χ0) is 18.4. The third-order valence-electron chi connectivity index (χ3n) is 4.12. The standard InChI is InChI=1S/C21H22N4O/c1-3-15(2)22-21(26)17-10-7-11-18(14-17)23-20-13-12-19(24-25-20)16-8-5-4-6-9-16/h4-15H,3H2,1-2H3,(H,22,26)(H,23,25). The van der Waals surface area contributed by atoms with Gasteiger partial charge < -0.3 is 10.6 Å². The van der Waals surface area contributed by atoms with Crippen LogP contribution in [0.25, 0.3) is 11.3 Å². The lowest BCUT2D eigenvalue weighted by Crippen LogP contribution is -2.31. The first-order chi connectivity index (χ1) is 12.7. The van der Waals surface area contributed by atoms with Gasteiger partial charge in [0.15, 0.2) is 5.82 Å². The second kappa shape index (κ2) is 8.25. The van der Waals surface area contributed by atoms with Crippen LogP contribution in [0, 0.1) is 0 Å². The summed E-state index contributed by atoms with van der Waals surface area (Å²) in [4.78, 5) is 12.3. The highest BCUT2D eigenvalue weighted by molar-refractivity contribution is 5.95. The molecule has 1 heterocycles. The van der Waals surface area contributed by atoms with Crippen LogP contribution in [-0.4, -0.2) is 22.1 Å². The molecule has 0 aliphatic carbocycles. The van der Waals surface area contributed by atoms with Gasteiger partial charge in [-0.2, -0.15) is 0 Å². The fraction of sp³-hybridized carbons (Fsp3) is 0.190. The number of carbonyl (C=O) groups excluding carboxylic acids is 1. The Labute approximate surface area is 153 Å². The van der Waals surface area contributed by atoms with Gasteiger partial charge >= 0.3 is 0 Å². The molecule has 26 heavy (non-hydrogen) atoms. The first kappa shape index (κ1) is 17.6. The van der Waals surface area contributed by atoms with Crippen molar-refractivity contribution in [2.75, 3.05) is 5.32 Å². The van der Waals surface area contributed by atoms with E-state index in [1.807, 2.05) is 74.5 Å². The van der Waals surface area contributed by atoms with Gasteiger partial charge in [-0.05, 0) is 43.7 Å². The van der Waals surface area contributed by atoms with Gasteiger partial charge in [0, 0.05) is 22.9 Å². The normalized spacial score (nSPS) is 11.6. The highest BCUT2D eigenvalue weighted by atomic mass is 16.1. The van der Waals surface area contributed by atoms with Crippen molar-refractivity contribution >= 4 is 17.4 Å². The average molecular weight is 346 g/mol. The fourth-order valence-corrected chi connectivity index (χ4v) is 2.46. The molecule has 0 radical (unpaired) electrons. The van der Waals surface area contributed by atoms with E-state index >= 15 is 0 Å². The van der Waals surface area contributed by atoms with Gasteiger partial charge in [0.25, 0.3) is 5.91 Å². The summed E-state index contributed by atoms with van der Waals surface area (Å²) in [6.45, 7) is 4.03. The smallest absolute Gasteiger partial charge is 0.251 e. The topological polar surface area (TPSA) is 66.9 Å². The Morgan fingerprint density at radius 1 is 1.00 bits per heavy atom. The highest BCUT2D eigenvalue weighted by Crippen LogP contribution is 2.19. The summed E-state index contributed by atoms with van der Waals surface area (Å²) >= 11 is 0. The molecular weight excluding hydrogens is 324 g/mol. The Hall–Kier alpha value is -3.21. The molecule has 5 nitrogen and oxygen atoms in total. The Balaban J connectivity index is 1.71. The van der Waals surface area contributed by atoms with Crippen molar-refractivity contribution in [2.24, 2.45) is 0 Å². The van der Waals surface area contributed by atoms with Crippen LogP contribution < -0.4 is 10.6 Å². The highest BCUT2D eigenvalue weighted by Gasteiger charge is 2.09. The van der Waals surface area contributed by atoms with E-state index < -0.39 is 0 Å². The molecule has 2 N–H and O–H groups in total. The Morgan fingerprint density at radius 2 is 1.81 bits per heavy atom. The van der Waals surface area contributed by atoms with Crippen molar-refractivity contribution < 1.29 is 4.79 Å². The molecule has 0 bridgehead atoms. The molecular formula is C21H22N4O. The van der Waals surface area contributed by atoms with E-state index in [1.54, 1.807) is 6.07 Å². The zero-order valence-corrected chi connectivity index (χ0v) is 14.9. The summed E-state index contributed by atoms with van der Waals surface area (Å²) in [5.74, 6) is 0.553. The fourth-order valence-electron chi connectivity index (χ4n) is 2.46. The number of amides is 1. The van der Waals surface area contributed by atoms with Crippen LogP contribution in [0.5, 0.6) is 0 Å². The van der Waals surface area contributed by atoms with Crippen LogP contribution >= 0.6 is 0 Å². The molecule has 1 unspecified atom stereocenters. The number of hydrogen-bond donors (Lipinski definition) is 2. The van der Waals surface area contributed by atoms with Gasteiger partial charge in [0.2, 0.25) is 0 Å². The molecule has 132 valence electrons. The predicted molar refractivity (Wildman–Crippen MR) is 104 cm³/mol. The average Bonchev–Trinajstić information content (AvgIpc) is 2.69. The maximum atomic E-state index is 12.3. The number of anilines is 2. The number of benzene rings is 2. The second-order valence-electron chi connectivity index (χ2n) is 6.16. The Morgan fingerprint density at radius 3 is 2.50 bits per heavy atom. The van der Waals surface area contributed by atoms with E-state index in [2.05, 4.69) is 20.8 Å². The van der Waals surface area contributed by atoms with Crippen molar-refractivity contribution in [1.82, 2.24) is 15.5 Å². The van der Waals surface area contributed by atoms with E-state index in [4.69, 9.17) is 0 Å².